The Morgan fingerprint density at radius 1 is 1.67 bits per heavy atom. The first-order chi connectivity index (χ1) is 5.66. The van der Waals surface area contributed by atoms with E-state index in [9.17, 15) is 0 Å². The van der Waals surface area contributed by atoms with Crippen molar-refractivity contribution < 1.29 is 5.11 Å². The van der Waals surface area contributed by atoms with Crippen molar-refractivity contribution >= 4 is 17.4 Å². The Kier molecular flexibility index (Phi) is 2.94. The first-order valence-electron chi connectivity index (χ1n) is 3.65. The molecule has 0 amide bonds. The van der Waals surface area contributed by atoms with E-state index in [1.54, 1.807) is 10.9 Å². The highest BCUT2D eigenvalue weighted by molar-refractivity contribution is 6.32. The molecule has 0 saturated carbocycles. The summed E-state index contributed by atoms with van der Waals surface area (Å²) in [5.74, 6) is 0.727. The summed E-state index contributed by atoms with van der Waals surface area (Å²) in [6.07, 6.45) is 1.62. The maximum atomic E-state index is 8.67. The van der Waals surface area contributed by atoms with Gasteiger partial charge in [-0.05, 0) is 0 Å². The smallest absolute Gasteiger partial charge is 0.165 e. The summed E-state index contributed by atoms with van der Waals surface area (Å²) in [5.41, 5.74) is 0. The van der Waals surface area contributed by atoms with Gasteiger partial charge in [-0.3, -0.25) is 0 Å². The molecule has 0 atom stereocenters. The molecule has 4 nitrogen and oxygen atoms in total. The van der Waals surface area contributed by atoms with Crippen LogP contribution in [0.15, 0.2) is 6.33 Å². The van der Waals surface area contributed by atoms with Gasteiger partial charge < -0.3 is 14.6 Å². The fourth-order valence-electron chi connectivity index (χ4n) is 0.920. The molecule has 0 aliphatic carbocycles. The lowest BCUT2D eigenvalue weighted by Gasteiger charge is -2.08. The minimum atomic E-state index is 0.0724. The number of nitrogens with zero attached hydrogens (tertiary/aromatic N) is 3. The summed E-state index contributed by atoms with van der Waals surface area (Å²) in [6.45, 7) is 0.558. The van der Waals surface area contributed by atoms with Crippen LogP contribution in [0, 0.1) is 0 Å². The summed E-state index contributed by atoms with van der Waals surface area (Å²) in [4.78, 5) is 5.91. The molecular formula is C7H12ClN3O. The largest absolute Gasteiger partial charge is 0.395 e. The highest BCUT2D eigenvalue weighted by Gasteiger charge is 2.08. The first-order valence-corrected chi connectivity index (χ1v) is 4.03. The van der Waals surface area contributed by atoms with Gasteiger partial charge in [0.15, 0.2) is 11.0 Å². The number of aliphatic hydroxyl groups excluding tert-OH is 1. The minimum absolute atomic E-state index is 0.0724. The van der Waals surface area contributed by atoms with Gasteiger partial charge in [0.1, 0.15) is 0 Å². The third-order valence-electron chi connectivity index (χ3n) is 1.52. The molecular weight excluding hydrogens is 178 g/mol. The molecule has 1 aromatic rings. The molecule has 1 rings (SSSR count). The molecule has 1 heterocycles. The van der Waals surface area contributed by atoms with E-state index in [4.69, 9.17) is 16.7 Å². The summed E-state index contributed by atoms with van der Waals surface area (Å²) >= 11 is 5.95. The number of hydrogen-bond acceptors (Lipinski definition) is 3. The molecule has 1 aromatic heterocycles. The van der Waals surface area contributed by atoms with E-state index in [-0.39, 0.29) is 6.61 Å². The SMILES string of the molecule is CN(C)c1ncn(CCO)c1Cl. The molecule has 12 heavy (non-hydrogen) atoms. The second-order valence-corrected chi connectivity index (χ2v) is 3.03. The van der Waals surface area contributed by atoms with E-state index >= 15 is 0 Å². The quantitative estimate of drug-likeness (QED) is 0.757. The molecule has 0 saturated heterocycles. The van der Waals surface area contributed by atoms with Gasteiger partial charge >= 0.3 is 0 Å². The Morgan fingerprint density at radius 3 is 2.75 bits per heavy atom. The second kappa shape index (κ2) is 3.78. The first kappa shape index (κ1) is 9.35. The lowest BCUT2D eigenvalue weighted by molar-refractivity contribution is 0.276. The average Bonchev–Trinajstić information content (AvgIpc) is 2.34. The lowest BCUT2D eigenvalue weighted by Crippen LogP contribution is -2.10. The molecule has 0 aliphatic rings. The van der Waals surface area contributed by atoms with E-state index < -0.39 is 0 Å². The van der Waals surface area contributed by atoms with Gasteiger partial charge in [0.05, 0.1) is 12.9 Å². The number of aliphatic hydroxyl groups is 1. The van der Waals surface area contributed by atoms with Gasteiger partial charge in [0, 0.05) is 20.6 Å². The van der Waals surface area contributed by atoms with E-state index in [0.29, 0.717) is 11.7 Å². The van der Waals surface area contributed by atoms with Gasteiger partial charge in [0.2, 0.25) is 0 Å². The Bertz CT molecular complexity index is 259. The molecule has 0 aliphatic heterocycles. The topological polar surface area (TPSA) is 41.3 Å². The number of anilines is 1. The normalized spacial score (nSPS) is 10.3. The highest BCUT2D eigenvalue weighted by Crippen LogP contribution is 2.21. The van der Waals surface area contributed by atoms with Crippen LogP contribution in [0.2, 0.25) is 5.15 Å². The van der Waals surface area contributed by atoms with Crippen molar-refractivity contribution in [3.05, 3.63) is 11.5 Å². The maximum absolute atomic E-state index is 8.67. The summed E-state index contributed by atoms with van der Waals surface area (Å²) in [6, 6.07) is 0. The van der Waals surface area contributed by atoms with Crippen LogP contribution in [0.1, 0.15) is 0 Å². The zero-order chi connectivity index (χ0) is 9.14. The summed E-state index contributed by atoms with van der Waals surface area (Å²) in [7, 11) is 3.75. The standard InChI is InChI=1S/C7H12ClN3O/c1-10(2)7-6(8)11(3-4-12)5-9-7/h5,12H,3-4H2,1-2H3. The number of aromatic nitrogens is 2. The van der Waals surface area contributed by atoms with Crippen molar-refractivity contribution in [2.75, 3.05) is 25.6 Å². The van der Waals surface area contributed by atoms with Crippen molar-refractivity contribution in [2.45, 2.75) is 6.54 Å². The van der Waals surface area contributed by atoms with Crippen molar-refractivity contribution in [2.24, 2.45) is 0 Å². The third-order valence-corrected chi connectivity index (χ3v) is 1.91. The van der Waals surface area contributed by atoms with Crippen LogP contribution >= 0.6 is 11.6 Å². The predicted octanol–water partition coefficient (Wildman–Crippen LogP) is 0.595. The Hall–Kier alpha value is -0.740. The van der Waals surface area contributed by atoms with Crippen LogP contribution in [0.4, 0.5) is 5.82 Å². The zero-order valence-electron chi connectivity index (χ0n) is 7.16. The van der Waals surface area contributed by atoms with Gasteiger partial charge in [-0.1, -0.05) is 11.6 Å². The Morgan fingerprint density at radius 2 is 2.33 bits per heavy atom. The monoisotopic (exact) mass is 189 g/mol. The van der Waals surface area contributed by atoms with E-state index in [1.165, 1.54) is 0 Å². The fraction of sp³-hybridized carbons (Fsp3) is 0.571. The van der Waals surface area contributed by atoms with E-state index in [0.717, 1.165) is 5.82 Å². The number of hydrogen-bond donors (Lipinski definition) is 1. The van der Waals surface area contributed by atoms with Crippen molar-refractivity contribution in [3.8, 4) is 0 Å². The molecule has 0 spiro atoms. The zero-order valence-corrected chi connectivity index (χ0v) is 7.91. The van der Waals surface area contributed by atoms with Crippen LogP contribution in [-0.2, 0) is 6.54 Å². The Labute approximate surface area is 76.4 Å². The van der Waals surface area contributed by atoms with Crippen molar-refractivity contribution in [1.29, 1.82) is 0 Å². The maximum Gasteiger partial charge on any atom is 0.165 e. The predicted molar refractivity (Wildman–Crippen MR) is 48.6 cm³/mol. The van der Waals surface area contributed by atoms with E-state index in [2.05, 4.69) is 4.98 Å². The molecule has 1 N–H and O–H groups in total. The lowest BCUT2D eigenvalue weighted by atomic mass is 10.6. The highest BCUT2D eigenvalue weighted by atomic mass is 35.5. The van der Waals surface area contributed by atoms with Gasteiger partial charge in [-0.2, -0.15) is 0 Å². The summed E-state index contributed by atoms with van der Waals surface area (Å²) in [5, 5.41) is 9.24. The van der Waals surface area contributed by atoms with Crippen LogP contribution in [-0.4, -0.2) is 35.4 Å². The average molecular weight is 190 g/mol. The van der Waals surface area contributed by atoms with E-state index in [1.807, 2.05) is 19.0 Å². The van der Waals surface area contributed by atoms with Crippen LogP contribution in [0.5, 0.6) is 0 Å². The second-order valence-electron chi connectivity index (χ2n) is 2.67. The van der Waals surface area contributed by atoms with Gasteiger partial charge in [-0.15, -0.1) is 0 Å². The molecule has 0 aromatic carbocycles. The number of halogens is 1. The minimum Gasteiger partial charge on any atom is -0.395 e. The van der Waals surface area contributed by atoms with Crippen LogP contribution < -0.4 is 4.90 Å². The van der Waals surface area contributed by atoms with Gasteiger partial charge in [0.25, 0.3) is 0 Å². The van der Waals surface area contributed by atoms with Crippen LogP contribution in [0.3, 0.4) is 0 Å². The number of imidazole rings is 1. The summed E-state index contributed by atoms with van der Waals surface area (Å²) < 4.78 is 1.71. The molecule has 68 valence electrons. The van der Waals surface area contributed by atoms with Crippen LogP contribution in [0.25, 0.3) is 0 Å². The molecule has 0 unspecified atom stereocenters. The Balaban J connectivity index is 2.88. The molecule has 0 fully saturated rings. The number of rotatable bonds is 3. The fourth-order valence-corrected chi connectivity index (χ4v) is 1.27. The third kappa shape index (κ3) is 1.70. The van der Waals surface area contributed by atoms with Crippen molar-refractivity contribution in [3.63, 3.8) is 0 Å². The van der Waals surface area contributed by atoms with Crippen molar-refractivity contribution in [1.82, 2.24) is 9.55 Å². The van der Waals surface area contributed by atoms with Gasteiger partial charge in [-0.25, -0.2) is 4.98 Å². The molecule has 0 radical (unpaired) electrons. The molecule has 5 heteroatoms. The molecule has 0 bridgehead atoms.